The maximum absolute atomic E-state index is 12.8. The van der Waals surface area contributed by atoms with Crippen molar-refractivity contribution in [2.45, 2.75) is 46.0 Å². The molecule has 0 aliphatic carbocycles. The van der Waals surface area contributed by atoms with Crippen LogP contribution in [-0.4, -0.2) is 27.8 Å². The van der Waals surface area contributed by atoms with Crippen LogP contribution in [0.25, 0.3) is 22.4 Å². The van der Waals surface area contributed by atoms with Crippen molar-refractivity contribution in [1.82, 2.24) is 14.6 Å². The minimum Gasteiger partial charge on any atom is -0.494 e. The highest BCUT2D eigenvalue weighted by atomic mass is 32.1. The van der Waals surface area contributed by atoms with Crippen LogP contribution >= 0.6 is 11.3 Å². The van der Waals surface area contributed by atoms with Crippen LogP contribution in [0.5, 0.6) is 11.5 Å². The maximum Gasteiger partial charge on any atom is 0.291 e. The van der Waals surface area contributed by atoms with Gasteiger partial charge in [-0.3, -0.25) is 4.79 Å². The summed E-state index contributed by atoms with van der Waals surface area (Å²) in [6, 6.07) is 15.5. The van der Waals surface area contributed by atoms with E-state index < -0.39 is 0 Å². The lowest BCUT2D eigenvalue weighted by molar-refractivity contribution is 0.306. The van der Waals surface area contributed by atoms with Gasteiger partial charge in [0.15, 0.2) is 5.82 Å². The number of rotatable bonds is 11. The maximum atomic E-state index is 12.8. The van der Waals surface area contributed by atoms with Crippen LogP contribution in [0.4, 0.5) is 0 Å². The Balaban J connectivity index is 1.48. The molecule has 0 atom stereocenters. The fraction of sp³-hybridized carbons (Fsp3) is 0.346. The van der Waals surface area contributed by atoms with Crippen molar-refractivity contribution in [3.63, 3.8) is 0 Å². The molecule has 0 N–H and O–H groups in total. The third-order valence-electron chi connectivity index (χ3n) is 5.26. The fourth-order valence-electron chi connectivity index (χ4n) is 3.34. The van der Waals surface area contributed by atoms with Crippen molar-refractivity contribution in [2.75, 3.05) is 13.2 Å². The van der Waals surface area contributed by atoms with Gasteiger partial charge in [-0.2, -0.15) is 9.50 Å². The first-order valence-corrected chi connectivity index (χ1v) is 12.4. The second kappa shape index (κ2) is 11.1. The number of benzene rings is 2. The molecule has 0 radical (unpaired) electrons. The molecule has 6 nitrogen and oxygen atoms in total. The summed E-state index contributed by atoms with van der Waals surface area (Å²) in [4.78, 5) is 18.0. The molecule has 4 rings (SSSR count). The smallest absolute Gasteiger partial charge is 0.291 e. The zero-order valence-corrected chi connectivity index (χ0v) is 19.9. The predicted molar refractivity (Wildman–Crippen MR) is 133 cm³/mol. The number of thiazole rings is 1. The van der Waals surface area contributed by atoms with E-state index in [9.17, 15) is 4.79 Å². The summed E-state index contributed by atoms with van der Waals surface area (Å²) in [5.74, 6) is 2.21. The number of aromatic nitrogens is 3. The number of hydrogen-bond donors (Lipinski definition) is 0. The molecular weight excluding hydrogens is 434 g/mol. The molecule has 0 amide bonds. The molecule has 0 fully saturated rings. The van der Waals surface area contributed by atoms with E-state index in [1.165, 1.54) is 28.7 Å². The van der Waals surface area contributed by atoms with E-state index in [1.54, 1.807) is 0 Å². The topological polar surface area (TPSA) is 65.7 Å². The minimum atomic E-state index is -0.159. The van der Waals surface area contributed by atoms with Crippen LogP contribution in [0.2, 0.25) is 0 Å². The van der Waals surface area contributed by atoms with Gasteiger partial charge in [0.05, 0.1) is 17.7 Å². The van der Waals surface area contributed by atoms with Crippen LogP contribution in [0, 0.1) is 0 Å². The van der Waals surface area contributed by atoms with E-state index >= 15 is 0 Å². The highest BCUT2D eigenvalue weighted by Crippen LogP contribution is 2.21. The monoisotopic (exact) mass is 463 g/mol. The van der Waals surface area contributed by atoms with Crippen LogP contribution in [0.1, 0.15) is 51.5 Å². The Morgan fingerprint density at radius 1 is 0.879 bits per heavy atom. The average molecular weight is 464 g/mol. The largest absolute Gasteiger partial charge is 0.494 e. The number of nitrogens with zero attached hydrogens (tertiary/aromatic N) is 3. The van der Waals surface area contributed by atoms with Crippen molar-refractivity contribution >= 4 is 22.4 Å². The van der Waals surface area contributed by atoms with Crippen molar-refractivity contribution in [3.8, 4) is 22.9 Å². The standard InChI is InChI=1S/C26H29N3O3S/c1-3-5-7-17-32-22-14-10-20(11-15-22)24-27-26-29(28-24)25(30)23(33-26)18-19-8-12-21(13-9-19)31-16-6-4-2/h8-15,18H,3-7,16-17H2,1-2H3/b23-18-. The molecule has 0 aliphatic heterocycles. The third-order valence-corrected chi connectivity index (χ3v) is 6.21. The second-order valence-electron chi connectivity index (χ2n) is 7.90. The Morgan fingerprint density at radius 3 is 2.15 bits per heavy atom. The first-order valence-electron chi connectivity index (χ1n) is 11.6. The summed E-state index contributed by atoms with van der Waals surface area (Å²) in [6.07, 6.45) is 7.40. The Morgan fingerprint density at radius 2 is 1.52 bits per heavy atom. The van der Waals surface area contributed by atoms with E-state index in [2.05, 4.69) is 23.9 Å². The lowest BCUT2D eigenvalue weighted by Crippen LogP contribution is -2.23. The second-order valence-corrected chi connectivity index (χ2v) is 8.91. The van der Waals surface area contributed by atoms with Gasteiger partial charge in [0, 0.05) is 5.56 Å². The molecule has 7 heteroatoms. The molecule has 2 aromatic heterocycles. The summed E-state index contributed by atoms with van der Waals surface area (Å²) < 4.78 is 13.4. The van der Waals surface area contributed by atoms with Crippen molar-refractivity contribution in [2.24, 2.45) is 0 Å². The molecule has 0 aliphatic rings. The van der Waals surface area contributed by atoms with Crippen LogP contribution in [0.15, 0.2) is 53.3 Å². The van der Waals surface area contributed by atoms with Crippen LogP contribution in [-0.2, 0) is 0 Å². The first kappa shape index (κ1) is 23.0. The SMILES string of the molecule is CCCCCOc1ccc(-c2nc3s/c(=C\c4ccc(OCCCC)cc4)c(=O)n3n2)cc1. The molecule has 0 unspecified atom stereocenters. The molecule has 0 spiro atoms. The molecule has 0 saturated carbocycles. The quantitative estimate of drug-likeness (QED) is 0.289. The molecule has 0 saturated heterocycles. The van der Waals surface area contributed by atoms with Crippen molar-refractivity contribution in [3.05, 3.63) is 69.0 Å². The van der Waals surface area contributed by atoms with Gasteiger partial charge in [0.2, 0.25) is 4.96 Å². The summed E-state index contributed by atoms with van der Waals surface area (Å²) in [5.41, 5.74) is 1.64. The third kappa shape index (κ3) is 5.79. The Hall–Kier alpha value is -3.19. The van der Waals surface area contributed by atoms with Crippen LogP contribution in [0.3, 0.4) is 0 Å². The zero-order valence-electron chi connectivity index (χ0n) is 19.1. The fourth-order valence-corrected chi connectivity index (χ4v) is 4.25. The van der Waals surface area contributed by atoms with Gasteiger partial charge in [0.25, 0.3) is 5.56 Å². The lowest BCUT2D eigenvalue weighted by Gasteiger charge is -2.05. The summed E-state index contributed by atoms with van der Waals surface area (Å²) in [7, 11) is 0. The number of ether oxygens (including phenoxy) is 2. The van der Waals surface area contributed by atoms with Gasteiger partial charge in [0.1, 0.15) is 11.5 Å². The summed E-state index contributed by atoms with van der Waals surface area (Å²) >= 11 is 1.34. The normalized spacial score (nSPS) is 11.9. The molecule has 33 heavy (non-hydrogen) atoms. The van der Waals surface area contributed by atoms with E-state index in [0.29, 0.717) is 15.3 Å². The molecule has 0 bridgehead atoms. The van der Waals surface area contributed by atoms with Crippen molar-refractivity contribution in [1.29, 1.82) is 0 Å². The summed E-state index contributed by atoms with van der Waals surface area (Å²) in [5, 5.41) is 4.44. The molecule has 4 aromatic rings. The van der Waals surface area contributed by atoms with E-state index in [1.807, 2.05) is 54.6 Å². The van der Waals surface area contributed by atoms with Gasteiger partial charge >= 0.3 is 0 Å². The van der Waals surface area contributed by atoms with Gasteiger partial charge in [-0.05, 0) is 60.9 Å². The Labute approximate surface area is 197 Å². The van der Waals surface area contributed by atoms with Crippen molar-refractivity contribution < 1.29 is 9.47 Å². The predicted octanol–water partition coefficient (Wildman–Crippen LogP) is 5.11. The Bertz CT molecular complexity index is 1280. The molecule has 2 aromatic carbocycles. The molecular formula is C26H29N3O3S. The zero-order chi connectivity index (χ0) is 23.0. The average Bonchev–Trinajstić information content (AvgIpc) is 3.38. The highest BCUT2D eigenvalue weighted by Gasteiger charge is 2.12. The molecule has 172 valence electrons. The van der Waals surface area contributed by atoms with E-state index in [0.717, 1.165) is 55.1 Å². The first-order chi connectivity index (χ1) is 16.2. The van der Waals surface area contributed by atoms with Gasteiger partial charge in [-0.25, -0.2) is 0 Å². The van der Waals surface area contributed by atoms with Gasteiger partial charge in [-0.1, -0.05) is 56.6 Å². The van der Waals surface area contributed by atoms with Crippen LogP contribution < -0.4 is 19.6 Å². The van der Waals surface area contributed by atoms with E-state index in [4.69, 9.17) is 9.47 Å². The number of hydrogen-bond acceptors (Lipinski definition) is 6. The number of unbranched alkanes of at least 4 members (excludes halogenated alkanes) is 3. The Kier molecular flexibility index (Phi) is 7.73. The van der Waals surface area contributed by atoms with Gasteiger partial charge < -0.3 is 9.47 Å². The highest BCUT2D eigenvalue weighted by molar-refractivity contribution is 7.15. The van der Waals surface area contributed by atoms with E-state index in [-0.39, 0.29) is 5.56 Å². The van der Waals surface area contributed by atoms with Gasteiger partial charge in [-0.15, -0.1) is 5.10 Å². The minimum absolute atomic E-state index is 0.159. The molecule has 2 heterocycles. The summed E-state index contributed by atoms with van der Waals surface area (Å²) in [6.45, 7) is 5.75. The lowest BCUT2D eigenvalue weighted by atomic mass is 10.2. The number of fused-ring (bicyclic) bond motifs is 1.